The Labute approximate surface area is 155 Å². The number of oxazole rings is 1. The molecule has 0 unspecified atom stereocenters. The first kappa shape index (κ1) is 16.7. The summed E-state index contributed by atoms with van der Waals surface area (Å²) in [6.45, 7) is 2.00. The van der Waals surface area contributed by atoms with Crippen molar-refractivity contribution in [3.8, 4) is 17.1 Å². The van der Waals surface area contributed by atoms with Gasteiger partial charge in [-0.15, -0.1) is 0 Å². The van der Waals surface area contributed by atoms with E-state index in [2.05, 4.69) is 15.1 Å². The Kier molecular flexibility index (Phi) is 4.49. The Balaban J connectivity index is 1.44. The fraction of sp³-hybridized carbons (Fsp3) is 0.100. The van der Waals surface area contributed by atoms with Crippen LogP contribution in [0.3, 0.4) is 0 Å². The number of hydrogen-bond acceptors (Lipinski definition) is 6. The molecule has 0 spiro atoms. The predicted octanol–water partition coefficient (Wildman–Crippen LogP) is 3.59. The first-order chi connectivity index (χ1) is 13.2. The summed E-state index contributed by atoms with van der Waals surface area (Å²) in [6.07, 6.45) is 6.52. The summed E-state index contributed by atoms with van der Waals surface area (Å²) in [5.41, 5.74) is 3.47. The molecule has 0 fully saturated rings. The summed E-state index contributed by atoms with van der Waals surface area (Å²) in [5.74, 6) is -0.187. The van der Waals surface area contributed by atoms with Gasteiger partial charge in [-0.05, 0) is 42.8 Å². The van der Waals surface area contributed by atoms with E-state index in [4.69, 9.17) is 9.15 Å². The first-order valence-corrected chi connectivity index (χ1v) is 8.34. The van der Waals surface area contributed by atoms with E-state index >= 15 is 0 Å². The molecule has 3 heterocycles. The van der Waals surface area contributed by atoms with Crippen LogP contribution in [0, 0.1) is 6.92 Å². The van der Waals surface area contributed by atoms with Gasteiger partial charge in [0.05, 0.1) is 5.69 Å². The molecule has 0 atom stereocenters. The number of nitrogens with zero attached hydrogens (tertiary/aromatic N) is 4. The minimum atomic E-state index is -0.541. The van der Waals surface area contributed by atoms with Crippen molar-refractivity contribution < 1.29 is 13.9 Å². The number of aryl methyl sites for hydroxylation is 1. The molecule has 0 radical (unpaired) electrons. The number of carbonyl (C=O) groups is 1. The van der Waals surface area contributed by atoms with Crippen molar-refractivity contribution in [2.24, 2.45) is 0 Å². The van der Waals surface area contributed by atoms with Crippen LogP contribution in [0.25, 0.3) is 17.1 Å². The van der Waals surface area contributed by atoms with Crippen LogP contribution in [0.15, 0.2) is 71.7 Å². The first-order valence-electron chi connectivity index (χ1n) is 8.34. The number of pyridine rings is 1. The molecule has 3 aromatic heterocycles. The van der Waals surface area contributed by atoms with Crippen molar-refractivity contribution >= 4 is 5.97 Å². The molecule has 0 aliphatic heterocycles. The van der Waals surface area contributed by atoms with E-state index in [-0.39, 0.29) is 12.3 Å². The average Bonchev–Trinajstić information content (AvgIpc) is 3.38. The molecule has 0 aliphatic carbocycles. The van der Waals surface area contributed by atoms with Gasteiger partial charge in [-0.1, -0.05) is 12.1 Å². The number of benzene rings is 1. The highest BCUT2D eigenvalue weighted by molar-refractivity contribution is 5.87. The highest BCUT2D eigenvalue weighted by Crippen LogP contribution is 2.19. The average molecular weight is 360 g/mol. The van der Waals surface area contributed by atoms with Crippen molar-refractivity contribution in [3.05, 3.63) is 84.3 Å². The van der Waals surface area contributed by atoms with E-state index in [0.717, 1.165) is 22.5 Å². The number of ether oxygens (including phenoxy) is 1. The van der Waals surface area contributed by atoms with Gasteiger partial charge in [0.15, 0.2) is 5.69 Å². The number of aromatic nitrogens is 4. The normalized spacial score (nSPS) is 10.7. The SMILES string of the molecule is Cc1cc(-c2nc(C(=O)OCc3cccc(-n4cccn4)c3)co2)ccn1. The molecule has 0 N–H and O–H groups in total. The highest BCUT2D eigenvalue weighted by atomic mass is 16.5. The monoisotopic (exact) mass is 360 g/mol. The predicted molar refractivity (Wildman–Crippen MR) is 97.2 cm³/mol. The zero-order valence-corrected chi connectivity index (χ0v) is 14.6. The molecule has 134 valence electrons. The lowest BCUT2D eigenvalue weighted by atomic mass is 10.2. The molecule has 4 rings (SSSR count). The van der Waals surface area contributed by atoms with Crippen LogP contribution in [-0.2, 0) is 11.3 Å². The largest absolute Gasteiger partial charge is 0.456 e. The maximum absolute atomic E-state index is 12.3. The molecule has 27 heavy (non-hydrogen) atoms. The third kappa shape index (κ3) is 3.77. The van der Waals surface area contributed by atoms with Crippen LogP contribution in [-0.4, -0.2) is 25.7 Å². The van der Waals surface area contributed by atoms with Crippen molar-refractivity contribution in [1.82, 2.24) is 19.7 Å². The lowest BCUT2D eigenvalue weighted by Gasteiger charge is -2.06. The summed E-state index contributed by atoms with van der Waals surface area (Å²) < 4.78 is 12.5. The number of esters is 1. The van der Waals surface area contributed by atoms with Gasteiger partial charge in [0.2, 0.25) is 5.89 Å². The Morgan fingerprint density at radius 1 is 1.19 bits per heavy atom. The van der Waals surface area contributed by atoms with E-state index < -0.39 is 5.97 Å². The molecule has 0 bridgehead atoms. The van der Waals surface area contributed by atoms with E-state index in [0.29, 0.717) is 5.89 Å². The third-order valence-electron chi connectivity index (χ3n) is 3.91. The molecule has 0 saturated heterocycles. The summed E-state index contributed by atoms with van der Waals surface area (Å²) in [6, 6.07) is 13.1. The van der Waals surface area contributed by atoms with Crippen LogP contribution >= 0.6 is 0 Å². The van der Waals surface area contributed by atoms with Crippen LogP contribution < -0.4 is 0 Å². The molecular weight excluding hydrogens is 344 g/mol. The highest BCUT2D eigenvalue weighted by Gasteiger charge is 2.15. The number of hydrogen-bond donors (Lipinski definition) is 0. The molecule has 0 saturated carbocycles. The molecule has 1 aromatic carbocycles. The lowest BCUT2D eigenvalue weighted by molar-refractivity contribution is 0.0465. The van der Waals surface area contributed by atoms with E-state index in [1.165, 1.54) is 6.26 Å². The summed E-state index contributed by atoms with van der Waals surface area (Å²) in [4.78, 5) is 20.6. The van der Waals surface area contributed by atoms with Gasteiger partial charge >= 0.3 is 5.97 Å². The molecule has 0 amide bonds. The minimum absolute atomic E-state index is 0.127. The summed E-state index contributed by atoms with van der Waals surface area (Å²) in [7, 11) is 0. The molecule has 7 heteroatoms. The van der Waals surface area contributed by atoms with Gasteiger partial charge in [0, 0.05) is 29.8 Å². The minimum Gasteiger partial charge on any atom is -0.456 e. The van der Waals surface area contributed by atoms with Gasteiger partial charge in [-0.2, -0.15) is 5.10 Å². The smallest absolute Gasteiger partial charge is 0.360 e. The molecular formula is C20H16N4O3. The van der Waals surface area contributed by atoms with Crippen molar-refractivity contribution in [3.63, 3.8) is 0 Å². The Bertz CT molecular complexity index is 1070. The van der Waals surface area contributed by atoms with Gasteiger partial charge in [-0.3, -0.25) is 4.98 Å². The maximum Gasteiger partial charge on any atom is 0.360 e. The standard InChI is InChI=1S/C20H16N4O3/c1-14-10-16(6-8-21-14)19-23-18(13-26-19)20(25)27-12-15-4-2-5-17(11-15)24-9-3-7-22-24/h2-11,13H,12H2,1H3. The topological polar surface area (TPSA) is 83.0 Å². The maximum atomic E-state index is 12.3. The lowest BCUT2D eigenvalue weighted by Crippen LogP contribution is -2.06. The zero-order chi connectivity index (χ0) is 18.6. The molecule has 7 nitrogen and oxygen atoms in total. The van der Waals surface area contributed by atoms with Gasteiger partial charge < -0.3 is 9.15 Å². The zero-order valence-electron chi connectivity index (χ0n) is 14.6. The fourth-order valence-electron chi connectivity index (χ4n) is 2.61. The van der Waals surface area contributed by atoms with Crippen LogP contribution in [0.5, 0.6) is 0 Å². The van der Waals surface area contributed by atoms with Crippen LogP contribution in [0.4, 0.5) is 0 Å². The third-order valence-corrected chi connectivity index (χ3v) is 3.91. The van der Waals surface area contributed by atoms with Crippen LogP contribution in [0.2, 0.25) is 0 Å². The number of carbonyl (C=O) groups excluding carboxylic acids is 1. The van der Waals surface area contributed by atoms with Crippen molar-refractivity contribution in [1.29, 1.82) is 0 Å². The Hall–Kier alpha value is -3.74. The van der Waals surface area contributed by atoms with Gasteiger partial charge in [0.1, 0.15) is 12.9 Å². The van der Waals surface area contributed by atoms with E-state index in [1.807, 2.05) is 49.5 Å². The summed E-state index contributed by atoms with van der Waals surface area (Å²) in [5, 5.41) is 4.19. The Morgan fingerprint density at radius 3 is 2.93 bits per heavy atom. The molecule has 0 aliphatic rings. The molecule has 4 aromatic rings. The summed E-state index contributed by atoms with van der Waals surface area (Å²) >= 11 is 0. The van der Waals surface area contributed by atoms with Crippen molar-refractivity contribution in [2.75, 3.05) is 0 Å². The van der Waals surface area contributed by atoms with E-state index in [9.17, 15) is 4.79 Å². The second-order valence-electron chi connectivity index (χ2n) is 5.92. The number of rotatable bonds is 5. The van der Waals surface area contributed by atoms with Gasteiger partial charge in [0.25, 0.3) is 0 Å². The second kappa shape index (κ2) is 7.25. The van der Waals surface area contributed by atoms with Crippen molar-refractivity contribution in [2.45, 2.75) is 13.5 Å². The Morgan fingerprint density at radius 2 is 2.11 bits per heavy atom. The van der Waals surface area contributed by atoms with Crippen LogP contribution in [0.1, 0.15) is 21.7 Å². The second-order valence-corrected chi connectivity index (χ2v) is 5.92. The fourth-order valence-corrected chi connectivity index (χ4v) is 2.61. The van der Waals surface area contributed by atoms with E-state index in [1.54, 1.807) is 23.1 Å². The van der Waals surface area contributed by atoms with Gasteiger partial charge in [-0.25, -0.2) is 14.5 Å². The quantitative estimate of drug-likeness (QED) is 0.506.